The van der Waals surface area contributed by atoms with E-state index in [1.165, 1.54) is 6.07 Å². The Hall–Kier alpha value is -1.76. The number of rotatable bonds is 2. The molecular weight excluding hydrogens is 311 g/mol. The van der Waals surface area contributed by atoms with Gasteiger partial charge in [0, 0.05) is 18.9 Å². The van der Waals surface area contributed by atoms with Gasteiger partial charge in [-0.05, 0) is 48.8 Å². The molecule has 2 fully saturated rings. The Morgan fingerprint density at radius 1 is 1.29 bits per heavy atom. The summed E-state index contributed by atoms with van der Waals surface area (Å²) < 4.78 is 19.1. The van der Waals surface area contributed by atoms with Crippen LogP contribution in [0.5, 0.6) is 0 Å². The lowest BCUT2D eigenvalue weighted by molar-refractivity contribution is -0.103. The van der Waals surface area contributed by atoms with Gasteiger partial charge in [-0.25, -0.2) is 9.37 Å². The third-order valence-corrected chi connectivity index (χ3v) is 5.02. The monoisotopic (exact) mass is 334 g/mol. The summed E-state index contributed by atoms with van der Waals surface area (Å²) in [7, 11) is 1.00. The van der Waals surface area contributed by atoms with E-state index in [0.29, 0.717) is 11.8 Å². The van der Waals surface area contributed by atoms with E-state index in [2.05, 4.69) is 4.98 Å². The topological polar surface area (TPSA) is 88.6 Å². The third kappa shape index (κ3) is 3.22. The van der Waals surface area contributed by atoms with Crippen LogP contribution >= 0.6 is 0 Å². The number of benzene rings is 1. The number of nitrogen functional groups attached to an aromatic ring is 1. The van der Waals surface area contributed by atoms with Crippen molar-refractivity contribution in [3.05, 3.63) is 35.6 Å². The smallest absolute Gasteiger partial charge is 0.165 e. The van der Waals surface area contributed by atoms with Crippen molar-refractivity contribution in [2.75, 3.05) is 12.8 Å². The van der Waals surface area contributed by atoms with Crippen molar-refractivity contribution >= 4 is 16.7 Å². The molecule has 4 rings (SSSR count). The standard InChI is InChI=1S/C17H19FN2O2.CH4O/c18-13-7-10-2-1-9(6-14(10)20-17(13)19)5-11-3-4-12-8-15(21)22-16(11)12;1-2/h1-2,6-7,11-12,15-16,21H,3-5,8H2,(H2,19,20);2H,1H3. The normalized spacial score (nSPS) is 28.5. The van der Waals surface area contributed by atoms with Crippen LogP contribution in [0.2, 0.25) is 0 Å². The molecule has 1 aliphatic carbocycles. The molecule has 130 valence electrons. The lowest BCUT2D eigenvalue weighted by atomic mass is 9.93. The highest BCUT2D eigenvalue weighted by molar-refractivity contribution is 5.80. The second-order valence-corrected chi connectivity index (χ2v) is 6.48. The first-order chi connectivity index (χ1) is 11.6. The summed E-state index contributed by atoms with van der Waals surface area (Å²) in [5.41, 5.74) is 7.43. The first-order valence-electron chi connectivity index (χ1n) is 8.23. The molecule has 1 aliphatic heterocycles. The van der Waals surface area contributed by atoms with E-state index in [1.54, 1.807) is 0 Å². The zero-order valence-electron chi connectivity index (χ0n) is 13.7. The number of aliphatic hydroxyl groups is 2. The Bertz CT molecular complexity index is 725. The minimum atomic E-state index is -0.598. The van der Waals surface area contributed by atoms with Crippen LogP contribution in [0.3, 0.4) is 0 Å². The molecule has 4 atom stereocenters. The fourth-order valence-corrected chi connectivity index (χ4v) is 3.96. The van der Waals surface area contributed by atoms with Gasteiger partial charge in [-0.2, -0.15) is 0 Å². The minimum Gasteiger partial charge on any atom is -0.400 e. The second-order valence-electron chi connectivity index (χ2n) is 6.48. The first-order valence-corrected chi connectivity index (χ1v) is 8.23. The second kappa shape index (κ2) is 7.01. The molecule has 2 aromatic rings. The maximum absolute atomic E-state index is 13.4. The van der Waals surface area contributed by atoms with Gasteiger partial charge in [0.15, 0.2) is 17.9 Å². The van der Waals surface area contributed by atoms with Gasteiger partial charge in [0.05, 0.1) is 11.6 Å². The van der Waals surface area contributed by atoms with Gasteiger partial charge in [-0.3, -0.25) is 0 Å². The van der Waals surface area contributed by atoms with Crippen molar-refractivity contribution in [2.24, 2.45) is 11.8 Å². The van der Waals surface area contributed by atoms with Crippen molar-refractivity contribution in [1.82, 2.24) is 4.98 Å². The van der Waals surface area contributed by atoms with Gasteiger partial charge in [0.2, 0.25) is 0 Å². The van der Waals surface area contributed by atoms with Gasteiger partial charge >= 0.3 is 0 Å². The largest absolute Gasteiger partial charge is 0.400 e. The van der Waals surface area contributed by atoms with Gasteiger partial charge in [-0.15, -0.1) is 0 Å². The molecule has 1 saturated carbocycles. The van der Waals surface area contributed by atoms with Crippen LogP contribution in [0, 0.1) is 17.7 Å². The average molecular weight is 334 g/mol. The molecule has 24 heavy (non-hydrogen) atoms. The Morgan fingerprint density at radius 3 is 2.88 bits per heavy atom. The van der Waals surface area contributed by atoms with Crippen LogP contribution in [0.4, 0.5) is 10.2 Å². The fourth-order valence-electron chi connectivity index (χ4n) is 3.96. The molecule has 2 aliphatic rings. The molecule has 4 N–H and O–H groups in total. The number of hydrogen-bond acceptors (Lipinski definition) is 5. The summed E-state index contributed by atoms with van der Waals surface area (Å²) >= 11 is 0. The van der Waals surface area contributed by atoms with Crippen LogP contribution in [-0.2, 0) is 11.2 Å². The van der Waals surface area contributed by atoms with Crippen molar-refractivity contribution in [2.45, 2.75) is 38.1 Å². The Labute approximate surface area is 140 Å². The van der Waals surface area contributed by atoms with Gasteiger partial charge < -0.3 is 20.7 Å². The maximum atomic E-state index is 13.4. The molecule has 0 amide bonds. The van der Waals surface area contributed by atoms with E-state index < -0.39 is 12.1 Å². The predicted molar refractivity (Wildman–Crippen MR) is 89.7 cm³/mol. The lowest BCUT2D eigenvalue weighted by Gasteiger charge is -2.19. The van der Waals surface area contributed by atoms with Gasteiger partial charge in [-0.1, -0.05) is 12.1 Å². The van der Waals surface area contributed by atoms with E-state index in [-0.39, 0.29) is 11.9 Å². The number of fused-ring (bicyclic) bond motifs is 2. The van der Waals surface area contributed by atoms with E-state index in [0.717, 1.165) is 49.3 Å². The Balaban J connectivity index is 0.000000815. The molecule has 0 radical (unpaired) electrons. The quantitative estimate of drug-likeness (QED) is 0.784. The van der Waals surface area contributed by atoms with Crippen LogP contribution in [-0.4, -0.2) is 34.7 Å². The maximum Gasteiger partial charge on any atom is 0.165 e. The predicted octanol–water partition coefficient (Wildman–Crippen LogP) is 2.24. The van der Waals surface area contributed by atoms with Crippen LogP contribution in [0.25, 0.3) is 10.9 Å². The van der Waals surface area contributed by atoms with E-state index in [4.69, 9.17) is 15.6 Å². The zero-order valence-corrected chi connectivity index (χ0v) is 13.7. The highest BCUT2D eigenvalue weighted by atomic mass is 19.1. The van der Waals surface area contributed by atoms with E-state index in [9.17, 15) is 9.50 Å². The number of aliphatic hydroxyl groups excluding tert-OH is 2. The third-order valence-electron chi connectivity index (χ3n) is 5.02. The summed E-state index contributed by atoms with van der Waals surface area (Å²) in [6.45, 7) is 0. The number of aromatic nitrogens is 1. The average Bonchev–Trinajstić information content (AvgIpc) is 3.11. The van der Waals surface area contributed by atoms with E-state index in [1.807, 2.05) is 18.2 Å². The summed E-state index contributed by atoms with van der Waals surface area (Å²) in [5, 5.41) is 17.4. The van der Waals surface area contributed by atoms with Crippen LogP contribution < -0.4 is 5.73 Å². The molecular formula is C18H23FN2O3. The van der Waals surface area contributed by atoms with Crippen molar-refractivity contribution < 1.29 is 19.3 Å². The summed E-state index contributed by atoms with van der Waals surface area (Å²) in [6.07, 6.45) is 3.46. The Morgan fingerprint density at radius 2 is 2.08 bits per heavy atom. The molecule has 0 spiro atoms. The molecule has 6 heteroatoms. The molecule has 0 bridgehead atoms. The van der Waals surface area contributed by atoms with E-state index >= 15 is 0 Å². The zero-order chi connectivity index (χ0) is 17.3. The molecule has 1 saturated heterocycles. The van der Waals surface area contributed by atoms with Crippen molar-refractivity contribution in [3.63, 3.8) is 0 Å². The SMILES string of the molecule is CO.Nc1nc2cc(CC3CCC4CC(O)OC34)ccc2cc1F. The Kier molecular flexibility index (Phi) is 4.99. The van der Waals surface area contributed by atoms with Gasteiger partial charge in [0.1, 0.15) is 0 Å². The number of pyridine rings is 1. The number of nitrogens with zero attached hydrogens (tertiary/aromatic N) is 1. The van der Waals surface area contributed by atoms with Crippen LogP contribution in [0.15, 0.2) is 24.3 Å². The lowest BCUT2D eigenvalue weighted by Crippen LogP contribution is -2.21. The summed E-state index contributed by atoms with van der Waals surface area (Å²) in [5.74, 6) is 0.376. The molecule has 1 aromatic carbocycles. The molecule has 4 unspecified atom stereocenters. The van der Waals surface area contributed by atoms with Crippen molar-refractivity contribution in [3.8, 4) is 0 Å². The molecule has 1 aromatic heterocycles. The number of halogens is 1. The van der Waals surface area contributed by atoms with Gasteiger partial charge in [0.25, 0.3) is 0 Å². The molecule has 2 heterocycles. The first kappa shape index (κ1) is 17.1. The fraction of sp³-hybridized carbons (Fsp3) is 0.500. The number of anilines is 1. The highest BCUT2D eigenvalue weighted by Crippen LogP contribution is 2.43. The number of hydrogen-bond donors (Lipinski definition) is 3. The minimum absolute atomic E-state index is 0.0622. The number of nitrogens with two attached hydrogens (primary N) is 1. The highest BCUT2D eigenvalue weighted by Gasteiger charge is 2.43. The summed E-state index contributed by atoms with van der Waals surface area (Å²) in [6, 6.07) is 7.29. The van der Waals surface area contributed by atoms with Crippen molar-refractivity contribution in [1.29, 1.82) is 0 Å². The summed E-state index contributed by atoms with van der Waals surface area (Å²) in [4.78, 5) is 4.12. The number of ether oxygens (including phenoxy) is 1. The molecule has 5 nitrogen and oxygen atoms in total. The van der Waals surface area contributed by atoms with Crippen LogP contribution in [0.1, 0.15) is 24.8 Å².